The number of amides is 1. The fourth-order valence-corrected chi connectivity index (χ4v) is 6.19. The number of aromatic nitrogens is 4. The van der Waals surface area contributed by atoms with Gasteiger partial charge in [0.15, 0.2) is 11.5 Å². The van der Waals surface area contributed by atoms with Crippen LogP contribution >= 0.6 is 11.3 Å². The van der Waals surface area contributed by atoms with E-state index < -0.39 is 0 Å². The minimum atomic E-state index is -0.326. The summed E-state index contributed by atoms with van der Waals surface area (Å²) in [7, 11) is 0. The van der Waals surface area contributed by atoms with Crippen molar-refractivity contribution in [2.75, 3.05) is 0 Å². The molecule has 0 unspecified atom stereocenters. The molecule has 0 saturated carbocycles. The summed E-state index contributed by atoms with van der Waals surface area (Å²) in [6.45, 7) is 0.372. The zero-order chi connectivity index (χ0) is 23.8. The van der Waals surface area contributed by atoms with Gasteiger partial charge in [0.2, 0.25) is 5.91 Å². The first kappa shape index (κ1) is 21.7. The standard InChI is InChI=1S/C27H25N5O2S/c33-23(28-16-19-11-5-2-6-12-19)17-31-26-24(20-13-7-8-14-21(20)35-26)25-29-22(30-32(25)27(31)34)15-18-9-3-1-4-10-18/h1-6,9-12H,7-8,13-17H2,(H,28,33). The van der Waals surface area contributed by atoms with E-state index in [1.54, 1.807) is 15.9 Å². The lowest BCUT2D eigenvalue weighted by molar-refractivity contribution is -0.121. The molecule has 1 amide bonds. The van der Waals surface area contributed by atoms with Crippen LogP contribution in [0.25, 0.3) is 15.9 Å². The number of aryl methyl sites for hydroxylation is 2. The second-order valence-electron chi connectivity index (χ2n) is 8.95. The minimum absolute atomic E-state index is 0.0502. The van der Waals surface area contributed by atoms with Gasteiger partial charge in [0.05, 0.1) is 5.39 Å². The van der Waals surface area contributed by atoms with Gasteiger partial charge in [-0.3, -0.25) is 9.36 Å². The van der Waals surface area contributed by atoms with Crippen LogP contribution in [0.1, 0.15) is 40.2 Å². The average Bonchev–Trinajstić information content (AvgIpc) is 3.48. The number of fused-ring (bicyclic) bond motifs is 5. The van der Waals surface area contributed by atoms with E-state index in [4.69, 9.17) is 4.98 Å². The smallest absolute Gasteiger partial charge is 0.350 e. The number of thiophene rings is 1. The monoisotopic (exact) mass is 483 g/mol. The van der Waals surface area contributed by atoms with Crippen LogP contribution in [-0.4, -0.2) is 25.1 Å². The van der Waals surface area contributed by atoms with Crippen LogP contribution < -0.4 is 11.0 Å². The molecule has 0 saturated heterocycles. The number of nitrogens with zero attached hydrogens (tertiary/aromatic N) is 4. The van der Waals surface area contributed by atoms with Crippen molar-refractivity contribution in [1.82, 2.24) is 24.5 Å². The normalized spacial score (nSPS) is 13.3. The highest BCUT2D eigenvalue weighted by Gasteiger charge is 2.25. The highest BCUT2D eigenvalue weighted by Crippen LogP contribution is 2.37. The van der Waals surface area contributed by atoms with Crippen LogP contribution in [-0.2, 0) is 37.1 Å². The molecular weight excluding hydrogens is 458 g/mol. The Hall–Kier alpha value is -3.78. The molecule has 1 N–H and O–H groups in total. The van der Waals surface area contributed by atoms with Crippen LogP contribution in [0, 0.1) is 0 Å². The van der Waals surface area contributed by atoms with Crippen LogP contribution in [0.2, 0.25) is 0 Å². The molecule has 0 bridgehead atoms. The van der Waals surface area contributed by atoms with Crippen molar-refractivity contribution in [2.24, 2.45) is 0 Å². The van der Waals surface area contributed by atoms with E-state index in [0.29, 0.717) is 24.4 Å². The van der Waals surface area contributed by atoms with Crippen LogP contribution in [0.5, 0.6) is 0 Å². The fourth-order valence-electron chi connectivity index (χ4n) is 4.81. The van der Waals surface area contributed by atoms with Gasteiger partial charge in [-0.25, -0.2) is 9.78 Å². The SMILES string of the molecule is O=C(Cn1c(=O)n2nc(Cc3ccccc3)nc2c2c3c(sc21)CCCC3)NCc1ccccc1. The molecule has 35 heavy (non-hydrogen) atoms. The van der Waals surface area contributed by atoms with Crippen molar-refractivity contribution in [3.05, 3.63) is 98.5 Å². The summed E-state index contributed by atoms with van der Waals surface area (Å²) < 4.78 is 2.97. The van der Waals surface area contributed by atoms with E-state index >= 15 is 0 Å². The molecule has 7 nitrogen and oxygen atoms in total. The van der Waals surface area contributed by atoms with E-state index in [1.165, 1.54) is 15.0 Å². The van der Waals surface area contributed by atoms with E-state index in [1.807, 2.05) is 60.7 Å². The molecule has 0 aliphatic heterocycles. The van der Waals surface area contributed by atoms with Gasteiger partial charge >= 0.3 is 5.69 Å². The Kier molecular flexibility index (Phi) is 5.66. The maximum atomic E-state index is 13.6. The van der Waals surface area contributed by atoms with Crippen molar-refractivity contribution < 1.29 is 4.79 Å². The average molecular weight is 484 g/mol. The molecule has 0 fully saturated rings. The fraction of sp³-hybridized carbons (Fsp3) is 0.259. The molecule has 0 atom stereocenters. The van der Waals surface area contributed by atoms with Gasteiger partial charge in [0, 0.05) is 17.8 Å². The van der Waals surface area contributed by atoms with Crippen molar-refractivity contribution in [3.8, 4) is 0 Å². The zero-order valence-corrected chi connectivity index (χ0v) is 20.1. The lowest BCUT2D eigenvalue weighted by atomic mass is 9.97. The Morgan fingerprint density at radius 1 is 0.971 bits per heavy atom. The largest absolute Gasteiger partial charge is 0.352 e. The lowest BCUT2D eigenvalue weighted by Crippen LogP contribution is -2.35. The first-order chi connectivity index (χ1) is 17.2. The Morgan fingerprint density at radius 2 is 1.69 bits per heavy atom. The predicted octanol–water partition coefficient (Wildman–Crippen LogP) is 3.89. The summed E-state index contributed by atoms with van der Waals surface area (Å²) in [4.78, 5) is 33.4. The number of carbonyl (C=O) groups is 1. The van der Waals surface area contributed by atoms with Gasteiger partial charge in [-0.1, -0.05) is 60.7 Å². The Bertz CT molecular complexity index is 1580. The van der Waals surface area contributed by atoms with Crippen molar-refractivity contribution in [2.45, 2.75) is 45.2 Å². The molecule has 1 aliphatic carbocycles. The van der Waals surface area contributed by atoms with Gasteiger partial charge in [-0.2, -0.15) is 4.52 Å². The van der Waals surface area contributed by atoms with Crippen molar-refractivity contribution in [3.63, 3.8) is 0 Å². The number of hydrogen-bond donors (Lipinski definition) is 1. The molecular formula is C27H25N5O2S. The Morgan fingerprint density at radius 3 is 2.46 bits per heavy atom. The molecule has 8 heteroatoms. The predicted molar refractivity (Wildman–Crippen MR) is 137 cm³/mol. The quantitative estimate of drug-likeness (QED) is 0.397. The van der Waals surface area contributed by atoms with Gasteiger partial charge in [-0.15, -0.1) is 16.4 Å². The van der Waals surface area contributed by atoms with Crippen molar-refractivity contribution >= 4 is 33.1 Å². The van der Waals surface area contributed by atoms with Gasteiger partial charge < -0.3 is 5.32 Å². The Labute approximate surface area is 206 Å². The third-order valence-corrected chi connectivity index (χ3v) is 7.84. The number of carbonyl (C=O) groups excluding carboxylic acids is 1. The summed E-state index contributed by atoms with van der Waals surface area (Å²) in [5.74, 6) is 0.407. The van der Waals surface area contributed by atoms with E-state index in [2.05, 4.69) is 10.4 Å². The van der Waals surface area contributed by atoms with E-state index in [-0.39, 0.29) is 18.1 Å². The number of rotatable bonds is 6. The number of hydrogen-bond acceptors (Lipinski definition) is 5. The second kappa shape index (κ2) is 9.11. The molecule has 1 aliphatic rings. The third kappa shape index (κ3) is 4.14. The molecule has 5 aromatic rings. The van der Waals surface area contributed by atoms with Crippen LogP contribution in [0.3, 0.4) is 0 Å². The summed E-state index contributed by atoms with van der Waals surface area (Å²) in [6, 6.07) is 19.8. The van der Waals surface area contributed by atoms with E-state index in [9.17, 15) is 9.59 Å². The molecule has 3 aromatic heterocycles. The minimum Gasteiger partial charge on any atom is -0.350 e. The van der Waals surface area contributed by atoms with Gasteiger partial charge in [-0.05, 0) is 42.4 Å². The van der Waals surface area contributed by atoms with Crippen LogP contribution in [0.4, 0.5) is 0 Å². The van der Waals surface area contributed by atoms with Crippen molar-refractivity contribution in [1.29, 1.82) is 0 Å². The lowest BCUT2D eigenvalue weighted by Gasteiger charge is -2.11. The second-order valence-corrected chi connectivity index (χ2v) is 10.0. The maximum absolute atomic E-state index is 13.6. The molecule has 2 aromatic carbocycles. The highest BCUT2D eigenvalue weighted by atomic mass is 32.1. The van der Waals surface area contributed by atoms with Crippen LogP contribution in [0.15, 0.2) is 65.5 Å². The highest BCUT2D eigenvalue weighted by molar-refractivity contribution is 7.19. The molecule has 3 heterocycles. The molecule has 0 spiro atoms. The maximum Gasteiger partial charge on any atom is 0.352 e. The molecule has 0 radical (unpaired) electrons. The summed E-state index contributed by atoms with van der Waals surface area (Å²) in [5, 5.41) is 8.52. The molecule has 6 rings (SSSR count). The summed E-state index contributed by atoms with van der Waals surface area (Å²) >= 11 is 1.63. The third-order valence-electron chi connectivity index (χ3n) is 6.52. The zero-order valence-electron chi connectivity index (χ0n) is 19.2. The van der Waals surface area contributed by atoms with Gasteiger partial charge in [0.1, 0.15) is 11.4 Å². The van der Waals surface area contributed by atoms with E-state index in [0.717, 1.165) is 47.0 Å². The first-order valence-corrected chi connectivity index (χ1v) is 12.8. The summed E-state index contributed by atoms with van der Waals surface area (Å²) in [5.41, 5.74) is 3.65. The first-order valence-electron chi connectivity index (χ1n) is 11.9. The summed E-state index contributed by atoms with van der Waals surface area (Å²) in [6.07, 6.45) is 4.77. The number of benzene rings is 2. The van der Waals surface area contributed by atoms with Gasteiger partial charge in [0.25, 0.3) is 0 Å². The Balaban J connectivity index is 1.42. The topological polar surface area (TPSA) is 81.3 Å². The molecule has 176 valence electrons. The number of nitrogens with one attached hydrogen (secondary N) is 1.